The first-order valence-corrected chi connectivity index (χ1v) is 6.75. The summed E-state index contributed by atoms with van der Waals surface area (Å²) in [4.78, 5) is 6.68. The number of nitrogens with two attached hydrogens (primary N) is 1. The number of likely N-dealkylation sites (tertiary alicyclic amines) is 1. The Morgan fingerprint density at radius 3 is 2.58 bits per heavy atom. The van der Waals surface area contributed by atoms with E-state index in [2.05, 4.69) is 9.88 Å². The predicted octanol–water partition coefficient (Wildman–Crippen LogP) is 1.20. The van der Waals surface area contributed by atoms with Crippen molar-refractivity contribution in [2.45, 2.75) is 25.0 Å². The number of aromatic nitrogens is 1. The second-order valence-electron chi connectivity index (χ2n) is 4.86. The summed E-state index contributed by atoms with van der Waals surface area (Å²) in [6, 6.07) is 4.17. The van der Waals surface area contributed by atoms with Crippen LogP contribution in [-0.4, -0.2) is 49.8 Å². The molecule has 2 rings (SSSR count). The van der Waals surface area contributed by atoms with Gasteiger partial charge in [0.1, 0.15) is 0 Å². The molecule has 2 N–H and O–H groups in total. The molecule has 1 saturated heterocycles. The number of hydrogen-bond donors (Lipinski definition) is 1. The van der Waals surface area contributed by atoms with Crippen LogP contribution in [0.25, 0.3) is 0 Å². The first-order chi connectivity index (χ1) is 9.28. The molecule has 1 aromatic rings. The molecule has 1 unspecified atom stereocenters. The summed E-state index contributed by atoms with van der Waals surface area (Å²) >= 11 is 0. The first-order valence-electron chi connectivity index (χ1n) is 6.75. The van der Waals surface area contributed by atoms with Crippen LogP contribution in [0.5, 0.6) is 5.88 Å². The molecule has 0 saturated carbocycles. The Labute approximate surface area is 114 Å². The van der Waals surface area contributed by atoms with E-state index in [1.807, 2.05) is 18.3 Å². The van der Waals surface area contributed by atoms with Gasteiger partial charge >= 0.3 is 0 Å². The summed E-state index contributed by atoms with van der Waals surface area (Å²) in [6.07, 6.45) is 4.38. The van der Waals surface area contributed by atoms with Crippen LogP contribution in [0.2, 0.25) is 0 Å². The second-order valence-corrected chi connectivity index (χ2v) is 4.86. The summed E-state index contributed by atoms with van der Waals surface area (Å²) in [7, 11) is 3.41. The molecule has 1 aliphatic heterocycles. The van der Waals surface area contributed by atoms with Gasteiger partial charge in [-0.1, -0.05) is 6.07 Å². The maximum atomic E-state index is 5.94. The number of nitrogens with zero attached hydrogens (tertiary/aromatic N) is 2. The third kappa shape index (κ3) is 3.43. The number of pyridine rings is 1. The molecule has 0 aromatic carbocycles. The number of hydrogen-bond acceptors (Lipinski definition) is 5. The summed E-state index contributed by atoms with van der Waals surface area (Å²) in [6.45, 7) is 2.64. The van der Waals surface area contributed by atoms with Gasteiger partial charge in [0.05, 0.1) is 13.2 Å². The van der Waals surface area contributed by atoms with Crippen LogP contribution < -0.4 is 10.5 Å². The fraction of sp³-hybridized carbons (Fsp3) is 0.643. The van der Waals surface area contributed by atoms with Crippen molar-refractivity contribution >= 4 is 0 Å². The van der Waals surface area contributed by atoms with E-state index in [1.54, 1.807) is 14.2 Å². The molecule has 0 radical (unpaired) electrons. The van der Waals surface area contributed by atoms with E-state index in [0.29, 0.717) is 18.5 Å². The highest BCUT2D eigenvalue weighted by atomic mass is 16.5. The summed E-state index contributed by atoms with van der Waals surface area (Å²) in [5.74, 6) is 0.637. The van der Waals surface area contributed by atoms with Crippen molar-refractivity contribution in [1.29, 1.82) is 0 Å². The summed E-state index contributed by atoms with van der Waals surface area (Å²) < 4.78 is 10.5. The molecule has 0 bridgehead atoms. The van der Waals surface area contributed by atoms with Gasteiger partial charge < -0.3 is 15.2 Å². The largest absolute Gasteiger partial charge is 0.481 e. The van der Waals surface area contributed by atoms with Gasteiger partial charge in [-0.2, -0.15) is 0 Å². The van der Waals surface area contributed by atoms with E-state index in [-0.39, 0.29) is 6.04 Å². The fourth-order valence-electron chi connectivity index (χ4n) is 2.63. The average Bonchev–Trinajstić information content (AvgIpc) is 2.49. The van der Waals surface area contributed by atoms with Crippen molar-refractivity contribution in [1.82, 2.24) is 9.88 Å². The van der Waals surface area contributed by atoms with Crippen LogP contribution in [0.1, 0.15) is 24.4 Å². The normalized spacial score (nSPS) is 19.3. The smallest absolute Gasteiger partial charge is 0.212 e. The summed E-state index contributed by atoms with van der Waals surface area (Å²) in [5, 5.41) is 0. The highest BCUT2D eigenvalue weighted by Crippen LogP contribution is 2.25. The van der Waals surface area contributed by atoms with Crippen LogP contribution in [0.15, 0.2) is 18.3 Å². The van der Waals surface area contributed by atoms with Crippen molar-refractivity contribution in [2.24, 2.45) is 5.73 Å². The highest BCUT2D eigenvalue weighted by Gasteiger charge is 2.25. The average molecular weight is 265 g/mol. The monoisotopic (exact) mass is 265 g/mol. The van der Waals surface area contributed by atoms with Gasteiger partial charge in [0.15, 0.2) is 0 Å². The SMILES string of the molecule is COc1ccc(C(CN)N2CCC(OC)CC2)cn1. The molecule has 5 nitrogen and oxygen atoms in total. The molecule has 106 valence electrons. The number of piperidine rings is 1. The Kier molecular flexibility index (Phi) is 5.13. The Hall–Kier alpha value is -1.17. The second kappa shape index (κ2) is 6.84. The van der Waals surface area contributed by atoms with Gasteiger partial charge in [-0.05, 0) is 18.4 Å². The van der Waals surface area contributed by atoms with Crippen LogP contribution in [-0.2, 0) is 4.74 Å². The molecule has 19 heavy (non-hydrogen) atoms. The summed E-state index contributed by atoms with van der Waals surface area (Å²) in [5.41, 5.74) is 7.09. The number of ether oxygens (including phenoxy) is 2. The highest BCUT2D eigenvalue weighted by molar-refractivity contribution is 5.21. The van der Waals surface area contributed by atoms with Crippen LogP contribution in [0, 0.1) is 0 Å². The number of methoxy groups -OCH3 is 2. The maximum absolute atomic E-state index is 5.94. The third-order valence-corrected chi connectivity index (χ3v) is 3.83. The zero-order valence-corrected chi connectivity index (χ0v) is 11.7. The molecule has 1 fully saturated rings. The van der Waals surface area contributed by atoms with Gasteiger partial charge in [-0.25, -0.2) is 4.98 Å². The Morgan fingerprint density at radius 1 is 1.37 bits per heavy atom. The van der Waals surface area contributed by atoms with Crippen molar-refractivity contribution < 1.29 is 9.47 Å². The Bertz CT molecular complexity index is 375. The lowest BCUT2D eigenvalue weighted by molar-refractivity contribution is 0.0280. The first kappa shape index (κ1) is 14.2. The van der Waals surface area contributed by atoms with Gasteiger partial charge in [0.25, 0.3) is 0 Å². The van der Waals surface area contributed by atoms with Gasteiger partial charge in [-0.3, -0.25) is 4.90 Å². The predicted molar refractivity (Wildman–Crippen MR) is 74.2 cm³/mol. The van der Waals surface area contributed by atoms with E-state index in [4.69, 9.17) is 15.2 Å². The fourth-order valence-corrected chi connectivity index (χ4v) is 2.63. The molecule has 5 heteroatoms. The lowest BCUT2D eigenvalue weighted by atomic mass is 10.0. The minimum Gasteiger partial charge on any atom is -0.481 e. The maximum Gasteiger partial charge on any atom is 0.212 e. The van der Waals surface area contributed by atoms with E-state index in [9.17, 15) is 0 Å². The lowest BCUT2D eigenvalue weighted by Crippen LogP contribution is -2.41. The van der Waals surface area contributed by atoms with E-state index < -0.39 is 0 Å². The quantitative estimate of drug-likeness (QED) is 0.867. The van der Waals surface area contributed by atoms with Crippen molar-refractivity contribution in [3.05, 3.63) is 23.9 Å². The zero-order chi connectivity index (χ0) is 13.7. The molecular weight excluding hydrogens is 242 g/mol. The molecule has 0 aliphatic carbocycles. The van der Waals surface area contributed by atoms with Crippen molar-refractivity contribution in [3.63, 3.8) is 0 Å². The standard InChI is InChI=1S/C14H23N3O2/c1-18-12-5-7-17(8-6-12)13(9-15)11-3-4-14(19-2)16-10-11/h3-4,10,12-13H,5-9,15H2,1-2H3. The van der Waals surface area contributed by atoms with Crippen LogP contribution in [0.3, 0.4) is 0 Å². The van der Waals surface area contributed by atoms with Crippen LogP contribution in [0.4, 0.5) is 0 Å². The molecule has 1 aromatic heterocycles. The molecule has 1 atom stereocenters. The van der Waals surface area contributed by atoms with Crippen molar-refractivity contribution in [3.8, 4) is 5.88 Å². The van der Waals surface area contributed by atoms with Crippen molar-refractivity contribution in [2.75, 3.05) is 33.9 Å². The zero-order valence-electron chi connectivity index (χ0n) is 11.7. The molecule has 1 aliphatic rings. The molecule has 0 spiro atoms. The third-order valence-electron chi connectivity index (χ3n) is 3.83. The van der Waals surface area contributed by atoms with Gasteiger partial charge in [0, 0.05) is 45.0 Å². The minimum absolute atomic E-state index is 0.233. The Morgan fingerprint density at radius 2 is 2.11 bits per heavy atom. The minimum atomic E-state index is 0.233. The van der Waals surface area contributed by atoms with E-state index in [1.165, 1.54) is 0 Å². The lowest BCUT2D eigenvalue weighted by Gasteiger charge is -2.36. The van der Waals surface area contributed by atoms with Crippen LogP contribution >= 0.6 is 0 Å². The number of rotatable bonds is 5. The van der Waals surface area contributed by atoms with E-state index >= 15 is 0 Å². The van der Waals surface area contributed by atoms with E-state index in [0.717, 1.165) is 31.5 Å². The topological polar surface area (TPSA) is 60.6 Å². The van der Waals surface area contributed by atoms with Gasteiger partial charge in [-0.15, -0.1) is 0 Å². The molecule has 0 amide bonds. The Balaban J connectivity index is 2.03. The molecule has 2 heterocycles. The molecular formula is C14H23N3O2. The van der Waals surface area contributed by atoms with Gasteiger partial charge in [0.2, 0.25) is 5.88 Å².